The van der Waals surface area contributed by atoms with Gasteiger partial charge in [0.2, 0.25) is 0 Å². The first-order valence-electron chi connectivity index (χ1n) is 7.27. The van der Waals surface area contributed by atoms with Crippen molar-refractivity contribution in [3.05, 3.63) is 5.90 Å². The van der Waals surface area contributed by atoms with Gasteiger partial charge in [-0.3, -0.25) is 0 Å². The topological polar surface area (TPSA) is 0 Å². The van der Waals surface area contributed by atoms with Crippen LogP contribution in [0.1, 0.15) is 55.4 Å². The van der Waals surface area contributed by atoms with Gasteiger partial charge in [0.05, 0.1) is 0 Å². The summed E-state index contributed by atoms with van der Waals surface area (Å²) in [6.07, 6.45) is 0. The van der Waals surface area contributed by atoms with Crippen LogP contribution in [0.5, 0.6) is 0 Å². The Morgan fingerprint density at radius 3 is 0.824 bits per heavy atom. The third kappa shape index (κ3) is 3.91. The second-order valence-corrected chi connectivity index (χ2v) is 18.1. The third-order valence-electron chi connectivity index (χ3n) is 5.34. The molecule has 0 heterocycles. The quantitative estimate of drug-likeness (QED) is 0.572. The van der Waals surface area contributed by atoms with E-state index in [1.165, 1.54) is 0 Å². The normalized spacial score (nSPS) is 16.4. The summed E-state index contributed by atoms with van der Waals surface area (Å²) in [6, 6.07) is 0. The molecule has 0 spiro atoms. The Labute approximate surface area is 112 Å². The van der Waals surface area contributed by atoms with Gasteiger partial charge < -0.3 is 0 Å². The molecule has 0 aromatic carbocycles. The van der Waals surface area contributed by atoms with Gasteiger partial charge in [0.25, 0.3) is 0 Å². The molecule has 17 heavy (non-hydrogen) atoms. The van der Waals surface area contributed by atoms with Crippen LogP contribution < -0.4 is 0 Å². The fourth-order valence-electron chi connectivity index (χ4n) is 2.49. The van der Waals surface area contributed by atoms with E-state index in [0.29, 0.717) is 0 Å². The molecule has 0 bridgehead atoms. The van der Waals surface area contributed by atoms with Crippen molar-refractivity contribution in [2.24, 2.45) is 0 Å². The zero-order chi connectivity index (χ0) is 14.0. The van der Waals surface area contributed by atoms with E-state index in [9.17, 15) is 0 Å². The molecule has 0 N–H and O–H groups in total. The Morgan fingerprint density at radius 1 is 0.529 bits per heavy atom. The van der Waals surface area contributed by atoms with Crippen molar-refractivity contribution in [2.45, 2.75) is 78.0 Å². The SMILES string of the molecule is CC(C)[PH](C)([C][PH](C)(C(C)C)C(C)C)C(C)C. The van der Waals surface area contributed by atoms with E-state index < -0.39 is 14.5 Å². The van der Waals surface area contributed by atoms with Gasteiger partial charge in [-0.15, -0.1) is 0 Å². The zero-order valence-electron chi connectivity index (χ0n) is 13.8. The van der Waals surface area contributed by atoms with Crippen LogP contribution in [-0.2, 0) is 0 Å². The predicted octanol–water partition coefficient (Wildman–Crippen LogP) is 5.38. The van der Waals surface area contributed by atoms with Crippen LogP contribution in [0.2, 0.25) is 0 Å². The van der Waals surface area contributed by atoms with Crippen LogP contribution in [-0.4, -0.2) is 36.0 Å². The third-order valence-corrected chi connectivity index (χ3v) is 19.2. The van der Waals surface area contributed by atoms with Gasteiger partial charge in [-0.25, -0.2) is 0 Å². The molecule has 0 aliphatic carbocycles. The van der Waals surface area contributed by atoms with Crippen LogP contribution in [0.3, 0.4) is 0 Å². The van der Waals surface area contributed by atoms with Crippen molar-refractivity contribution in [3.8, 4) is 0 Å². The fraction of sp³-hybridized carbons (Fsp3) is 0.933. The average molecular weight is 278 g/mol. The second-order valence-electron chi connectivity index (χ2n) is 7.31. The number of rotatable bonds is 6. The molecule has 0 saturated heterocycles. The van der Waals surface area contributed by atoms with Crippen LogP contribution in [0.4, 0.5) is 0 Å². The van der Waals surface area contributed by atoms with Crippen LogP contribution >= 0.6 is 14.5 Å². The van der Waals surface area contributed by atoms with Gasteiger partial charge in [0.1, 0.15) is 0 Å². The first-order chi connectivity index (χ1) is 7.48. The van der Waals surface area contributed by atoms with Crippen molar-refractivity contribution in [1.82, 2.24) is 0 Å². The molecule has 0 atom stereocenters. The Bertz CT molecular complexity index is 189. The molecule has 0 nitrogen and oxygen atoms in total. The monoisotopic (exact) mass is 278 g/mol. The van der Waals surface area contributed by atoms with E-state index in [2.05, 4.69) is 74.6 Å². The van der Waals surface area contributed by atoms with Crippen molar-refractivity contribution < 1.29 is 0 Å². The van der Waals surface area contributed by atoms with Gasteiger partial charge in [-0.1, -0.05) is 0 Å². The molecular formula is C15H36P2. The van der Waals surface area contributed by atoms with Crippen molar-refractivity contribution in [2.75, 3.05) is 13.3 Å². The van der Waals surface area contributed by atoms with E-state index in [1.54, 1.807) is 0 Å². The Morgan fingerprint density at radius 2 is 0.706 bits per heavy atom. The Kier molecular flexibility index (Phi) is 6.66. The maximum atomic E-state index is 4.28. The Balaban J connectivity index is 5.22. The first-order valence-corrected chi connectivity index (χ1v) is 12.6. The molecule has 2 radical (unpaired) electrons. The van der Waals surface area contributed by atoms with E-state index in [-0.39, 0.29) is 0 Å². The summed E-state index contributed by atoms with van der Waals surface area (Å²) >= 11 is 0. The molecule has 0 fully saturated rings. The van der Waals surface area contributed by atoms with Gasteiger partial charge in [0, 0.05) is 0 Å². The minimum absolute atomic E-state index is 0.812. The summed E-state index contributed by atoms with van der Waals surface area (Å²) in [7, 11) is -2.71. The summed E-state index contributed by atoms with van der Waals surface area (Å²) in [5, 5.41) is 0. The predicted molar refractivity (Wildman–Crippen MR) is 92.3 cm³/mol. The molecular weight excluding hydrogens is 242 g/mol. The molecule has 0 aliphatic heterocycles. The van der Waals surface area contributed by atoms with Crippen molar-refractivity contribution in [3.63, 3.8) is 0 Å². The van der Waals surface area contributed by atoms with Crippen LogP contribution in [0.15, 0.2) is 0 Å². The van der Waals surface area contributed by atoms with E-state index in [1.807, 2.05) is 0 Å². The van der Waals surface area contributed by atoms with Crippen LogP contribution in [0, 0.1) is 5.90 Å². The standard InChI is InChI=1S/C15H36P2/c1-12(2)16(9,13(3)4)11-17(10,14(5)6)15(7)8/h12-17H,1-10H3. The molecule has 0 aromatic rings. The molecule has 2 heteroatoms. The van der Waals surface area contributed by atoms with Gasteiger partial charge in [-0.2, -0.15) is 0 Å². The maximum absolute atomic E-state index is 4.28. The first kappa shape index (κ1) is 17.9. The second kappa shape index (κ2) is 6.34. The minimum atomic E-state index is -1.35. The average Bonchev–Trinajstić information content (AvgIpc) is 2.15. The number of hydrogen-bond donors (Lipinski definition) is 0. The molecule has 0 amide bonds. The van der Waals surface area contributed by atoms with E-state index in [0.717, 1.165) is 22.6 Å². The number of hydrogen-bond acceptors (Lipinski definition) is 0. The van der Waals surface area contributed by atoms with E-state index in [4.69, 9.17) is 0 Å². The molecule has 0 unspecified atom stereocenters. The van der Waals surface area contributed by atoms with Crippen LogP contribution in [0.25, 0.3) is 0 Å². The summed E-state index contributed by atoms with van der Waals surface area (Å²) in [5.41, 5.74) is 3.25. The van der Waals surface area contributed by atoms with Crippen molar-refractivity contribution >= 4 is 14.5 Å². The summed E-state index contributed by atoms with van der Waals surface area (Å²) in [6.45, 7) is 24.4. The van der Waals surface area contributed by atoms with Crippen molar-refractivity contribution in [1.29, 1.82) is 0 Å². The molecule has 0 aliphatic rings. The molecule has 0 rings (SSSR count). The summed E-state index contributed by atoms with van der Waals surface area (Å²) in [4.78, 5) is 0. The molecule has 0 aromatic heterocycles. The van der Waals surface area contributed by atoms with E-state index >= 15 is 0 Å². The molecule has 0 saturated carbocycles. The van der Waals surface area contributed by atoms with Gasteiger partial charge in [-0.05, 0) is 0 Å². The van der Waals surface area contributed by atoms with Gasteiger partial charge in [0.15, 0.2) is 0 Å². The van der Waals surface area contributed by atoms with Gasteiger partial charge >= 0.3 is 112 Å². The summed E-state index contributed by atoms with van der Waals surface area (Å²) in [5.74, 6) is 4.28. The summed E-state index contributed by atoms with van der Waals surface area (Å²) < 4.78 is 0. The Hall–Kier alpha value is 0.860. The molecule has 106 valence electrons. The fourth-order valence-corrected chi connectivity index (χ4v) is 14.4. The zero-order valence-corrected chi connectivity index (χ0v) is 15.8.